The van der Waals surface area contributed by atoms with Gasteiger partial charge in [0.2, 0.25) is 0 Å². The number of hydrogen-bond acceptors (Lipinski definition) is 5. The zero-order valence-corrected chi connectivity index (χ0v) is 10.2. The minimum absolute atomic E-state index is 0.0547. The van der Waals surface area contributed by atoms with Crippen molar-refractivity contribution in [3.05, 3.63) is 33.4 Å². The van der Waals surface area contributed by atoms with Crippen molar-refractivity contribution in [3.8, 4) is 6.07 Å². The monoisotopic (exact) mass is 274 g/mol. The van der Waals surface area contributed by atoms with Gasteiger partial charge < -0.3 is 0 Å². The van der Waals surface area contributed by atoms with Gasteiger partial charge in [-0.3, -0.25) is 10.1 Å². The topological polar surface area (TPSA) is 101 Å². The molecule has 6 nitrogen and oxygen atoms in total. The smallest absolute Gasteiger partial charge is 0.258 e. The van der Waals surface area contributed by atoms with Gasteiger partial charge >= 0.3 is 0 Å². The van der Waals surface area contributed by atoms with Crippen LogP contribution in [0.5, 0.6) is 0 Å². The van der Waals surface area contributed by atoms with Crippen molar-refractivity contribution >= 4 is 25.4 Å². The molecule has 90 valence electrons. The van der Waals surface area contributed by atoms with Crippen LogP contribution < -0.4 is 0 Å². The molecule has 0 saturated heterocycles. The Morgan fingerprint density at radius 1 is 1.53 bits per heavy atom. The molecule has 0 aliphatic carbocycles. The largest absolute Gasteiger partial charge is 0.275 e. The van der Waals surface area contributed by atoms with Crippen molar-refractivity contribution in [2.45, 2.75) is 18.2 Å². The molecule has 0 bridgehead atoms. The van der Waals surface area contributed by atoms with Crippen LogP contribution >= 0.6 is 10.7 Å². The van der Waals surface area contributed by atoms with E-state index in [1.54, 1.807) is 13.0 Å². The third-order valence-electron chi connectivity index (χ3n) is 2.15. The Morgan fingerprint density at radius 2 is 2.12 bits per heavy atom. The number of nitro groups is 1. The zero-order valence-electron chi connectivity index (χ0n) is 8.68. The molecule has 0 unspecified atom stereocenters. The van der Waals surface area contributed by atoms with E-state index in [4.69, 9.17) is 15.9 Å². The van der Waals surface area contributed by atoms with Crippen LogP contribution in [0.4, 0.5) is 5.69 Å². The molecule has 0 aliphatic heterocycles. The Hall–Kier alpha value is -1.65. The first-order chi connectivity index (χ1) is 7.81. The lowest BCUT2D eigenvalue weighted by Gasteiger charge is -2.04. The lowest BCUT2D eigenvalue weighted by atomic mass is 10.0. The summed E-state index contributed by atoms with van der Waals surface area (Å²) in [6.07, 6.45) is 0.252. The molecule has 0 atom stereocenters. The van der Waals surface area contributed by atoms with E-state index in [0.29, 0.717) is 0 Å². The van der Waals surface area contributed by atoms with Gasteiger partial charge in [-0.2, -0.15) is 5.26 Å². The molecule has 0 radical (unpaired) electrons. The van der Waals surface area contributed by atoms with Gasteiger partial charge in [-0.15, -0.1) is 0 Å². The molecule has 1 aromatic rings. The molecular formula is C9H7ClN2O4S. The first-order valence-corrected chi connectivity index (χ1v) is 6.78. The lowest BCUT2D eigenvalue weighted by molar-refractivity contribution is -0.385. The van der Waals surface area contributed by atoms with Crippen molar-refractivity contribution in [1.82, 2.24) is 0 Å². The van der Waals surface area contributed by atoms with E-state index >= 15 is 0 Å². The van der Waals surface area contributed by atoms with Crippen molar-refractivity contribution in [2.75, 3.05) is 0 Å². The number of nitro benzene ring substituents is 1. The van der Waals surface area contributed by atoms with Gasteiger partial charge in [0.15, 0.2) is 0 Å². The SMILES string of the molecule is CCc1c(C#N)cc(S(=O)(=O)Cl)cc1[N+](=O)[O-]. The highest BCUT2D eigenvalue weighted by Gasteiger charge is 2.22. The van der Waals surface area contributed by atoms with Crippen LogP contribution in [0.1, 0.15) is 18.1 Å². The maximum absolute atomic E-state index is 11.1. The first-order valence-electron chi connectivity index (χ1n) is 4.47. The van der Waals surface area contributed by atoms with E-state index in [-0.39, 0.29) is 17.5 Å². The molecule has 0 N–H and O–H groups in total. The predicted molar refractivity (Wildman–Crippen MR) is 60.2 cm³/mol. The van der Waals surface area contributed by atoms with Gasteiger partial charge in [0.1, 0.15) is 0 Å². The average Bonchev–Trinajstić information content (AvgIpc) is 2.25. The standard InChI is InChI=1S/C9H7ClN2O4S/c1-2-8-6(5-11)3-7(17(10,15)16)4-9(8)12(13)14/h3-4H,2H2,1H3. The normalized spacial score (nSPS) is 10.9. The summed E-state index contributed by atoms with van der Waals surface area (Å²) in [5.74, 6) is 0. The average molecular weight is 275 g/mol. The number of nitrogens with zero attached hydrogens (tertiary/aromatic N) is 2. The first kappa shape index (κ1) is 13.4. The van der Waals surface area contributed by atoms with Gasteiger partial charge in [-0.05, 0) is 12.5 Å². The summed E-state index contributed by atoms with van der Waals surface area (Å²) < 4.78 is 22.2. The van der Waals surface area contributed by atoms with Crippen LogP contribution in [0.2, 0.25) is 0 Å². The minimum Gasteiger partial charge on any atom is -0.258 e. The molecule has 0 heterocycles. The second kappa shape index (κ2) is 4.69. The molecule has 8 heteroatoms. The van der Waals surface area contributed by atoms with Crippen molar-refractivity contribution in [1.29, 1.82) is 5.26 Å². The fourth-order valence-corrected chi connectivity index (χ4v) is 2.18. The van der Waals surface area contributed by atoms with Crippen LogP contribution in [0.15, 0.2) is 17.0 Å². The van der Waals surface area contributed by atoms with E-state index in [1.807, 2.05) is 0 Å². The van der Waals surface area contributed by atoms with Crippen LogP contribution in [0.3, 0.4) is 0 Å². The highest BCUT2D eigenvalue weighted by Crippen LogP contribution is 2.28. The fraction of sp³-hybridized carbons (Fsp3) is 0.222. The van der Waals surface area contributed by atoms with Crippen molar-refractivity contribution < 1.29 is 13.3 Å². The molecule has 0 aliphatic rings. The molecular weight excluding hydrogens is 268 g/mol. The number of rotatable bonds is 3. The summed E-state index contributed by atoms with van der Waals surface area (Å²) in [6, 6.07) is 3.63. The zero-order chi connectivity index (χ0) is 13.2. The summed E-state index contributed by atoms with van der Waals surface area (Å²) >= 11 is 0. The molecule has 0 aromatic heterocycles. The summed E-state index contributed by atoms with van der Waals surface area (Å²) in [5, 5.41) is 19.6. The second-order valence-corrected chi connectivity index (χ2v) is 5.69. The Balaban J connectivity index is 3.71. The van der Waals surface area contributed by atoms with Crippen LogP contribution in [-0.2, 0) is 15.5 Å². The molecule has 1 rings (SSSR count). The molecule has 0 spiro atoms. The number of halogens is 1. The quantitative estimate of drug-likeness (QED) is 0.476. The molecule has 0 fully saturated rings. The third-order valence-corrected chi connectivity index (χ3v) is 3.49. The maximum Gasteiger partial charge on any atom is 0.275 e. The maximum atomic E-state index is 11.1. The van der Waals surface area contributed by atoms with Crippen molar-refractivity contribution in [3.63, 3.8) is 0 Å². The Bertz CT molecular complexity index is 619. The van der Waals surface area contributed by atoms with Gasteiger partial charge in [0, 0.05) is 22.3 Å². The van der Waals surface area contributed by atoms with Gasteiger partial charge in [0.25, 0.3) is 14.7 Å². The number of benzene rings is 1. The summed E-state index contributed by atoms with van der Waals surface area (Å²) in [4.78, 5) is 9.61. The Kier molecular flexibility index (Phi) is 3.70. The van der Waals surface area contributed by atoms with Crippen LogP contribution in [0, 0.1) is 21.4 Å². The van der Waals surface area contributed by atoms with Crippen LogP contribution in [-0.4, -0.2) is 13.3 Å². The summed E-state index contributed by atoms with van der Waals surface area (Å²) in [7, 11) is 1.00. The fourth-order valence-electron chi connectivity index (χ4n) is 1.41. The highest BCUT2D eigenvalue weighted by atomic mass is 35.7. The van der Waals surface area contributed by atoms with E-state index in [2.05, 4.69) is 0 Å². The van der Waals surface area contributed by atoms with Gasteiger partial charge in [-0.25, -0.2) is 8.42 Å². The second-order valence-electron chi connectivity index (χ2n) is 3.13. The van der Waals surface area contributed by atoms with Gasteiger partial charge in [0.05, 0.1) is 21.5 Å². The summed E-state index contributed by atoms with van der Waals surface area (Å²) in [6.45, 7) is 1.64. The Labute approximate surface area is 102 Å². The molecule has 17 heavy (non-hydrogen) atoms. The Morgan fingerprint density at radius 3 is 2.47 bits per heavy atom. The summed E-state index contributed by atoms with van der Waals surface area (Å²) in [5.41, 5.74) is -0.270. The minimum atomic E-state index is -4.10. The van der Waals surface area contributed by atoms with E-state index in [0.717, 1.165) is 12.1 Å². The highest BCUT2D eigenvalue weighted by molar-refractivity contribution is 8.13. The molecule has 0 saturated carbocycles. The lowest BCUT2D eigenvalue weighted by Crippen LogP contribution is -2.01. The van der Waals surface area contributed by atoms with Gasteiger partial charge in [-0.1, -0.05) is 6.92 Å². The van der Waals surface area contributed by atoms with Crippen LogP contribution in [0.25, 0.3) is 0 Å². The number of hydrogen-bond donors (Lipinski definition) is 0. The number of nitriles is 1. The predicted octanol–water partition coefficient (Wildman–Crippen LogP) is 1.96. The van der Waals surface area contributed by atoms with E-state index < -0.39 is 24.6 Å². The molecule has 0 amide bonds. The van der Waals surface area contributed by atoms with Crippen molar-refractivity contribution in [2.24, 2.45) is 0 Å². The van der Waals surface area contributed by atoms with E-state index in [1.165, 1.54) is 0 Å². The third kappa shape index (κ3) is 2.72. The van der Waals surface area contributed by atoms with E-state index in [9.17, 15) is 18.5 Å². The molecule has 1 aromatic carbocycles.